The Morgan fingerprint density at radius 1 is 1.00 bits per heavy atom. The minimum atomic E-state index is -0.563. The number of amides is 1. The number of pyridine rings is 1. The minimum Gasteiger partial charge on any atom is -0.324 e. The second kappa shape index (κ2) is 7.16. The third-order valence-electron chi connectivity index (χ3n) is 4.90. The highest BCUT2D eigenvalue weighted by atomic mass is 16.2. The molecule has 1 unspecified atom stereocenters. The Morgan fingerprint density at radius 3 is 2.31 bits per heavy atom. The van der Waals surface area contributed by atoms with Crippen LogP contribution < -0.4 is 10.9 Å². The van der Waals surface area contributed by atoms with Crippen LogP contribution in [0.15, 0.2) is 53.3 Å². The first-order valence-electron chi connectivity index (χ1n) is 8.92. The quantitative estimate of drug-likeness (QED) is 0.754. The summed E-state index contributed by atoms with van der Waals surface area (Å²) in [5.41, 5.74) is 4.40. The van der Waals surface area contributed by atoms with Crippen LogP contribution in [0, 0.1) is 20.8 Å². The van der Waals surface area contributed by atoms with E-state index in [4.69, 9.17) is 0 Å². The number of fused-ring (bicyclic) bond motifs is 1. The second-order valence-electron chi connectivity index (χ2n) is 6.73. The van der Waals surface area contributed by atoms with Crippen molar-refractivity contribution in [2.75, 3.05) is 5.32 Å². The van der Waals surface area contributed by atoms with Gasteiger partial charge in [0.2, 0.25) is 5.91 Å². The number of hydrogen-bond donors (Lipinski definition) is 1. The number of aromatic nitrogens is 1. The molecular formula is C22H24N2O2. The van der Waals surface area contributed by atoms with E-state index in [9.17, 15) is 9.59 Å². The van der Waals surface area contributed by atoms with Crippen LogP contribution in [0.5, 0.6) is 0 Å². The average Bonchev–Trinajstić information content (AvgIpc) is 2.61. The Labute approximate surface area is 153 Å². The summed E-state index contributed by atoms with van der Waals surface area (Å²) < 4.78 is 1.62. The van der Waals surface area contributed by atoms with Crippen molar-refractivity contribution in [1.82, 2.24) is 4.57 Å². The number of para-hydroxylation sites is 2. The van der Waals surface area contributed by atoms with E-state index in [0.717, 1.165) is 33.3 Å². The summed E-state index contributed by atoms with van der Waals surface area (Å²) in [6.07, 6.45) is 0.531. The molecule has 0 fully saturated rings. The lowest BCUT2D eigenvalue weighted by molar-refractivity contribution is -0.119. The molecule has 0 spiro atoms. The van der Waals surface area contributed by atoms with Crippen LogP contribution in [0.4, 0.5) is 5.69 Å². The van der Waals surface area contributed by atoms with Crippen molar-refractivity contribution in [1.29, 1.82) is 0 Å². The number of carbonyl (C=O) groups is 1. The molecule has 134 valence electrons. The van der Waals surface area contributed by atoms with E-state index in [2.05, 4.69) is 5.32 Å². The van der Waals surface area contributed by atoms with Gasteiger partial charge in [0.1, 0.15) is 6.04 Å². The lowest BCUT2D eigenvalue weighted by atomic mass is 10.1. The molecule has 3 rings (SSSR count). The molecule has 0 aliphatic rings. The van der Waals surface area contributed by atoms with E-state index in [1.807, 2.05) is 70.2 Å². The molecule has 1 heterocycles. The van der Waals surface area contributed by atoms with Crippen LogP contribution in [0.3, 0.4) is 0 Å². The highest BCUT2D eigenvalue weighted by Crippen LogP contribution is 2.24. The maximum Gasteiger partial charge on any atom is 0.252 e. The van der Waals surface area contributed by atoms with E-state index in [-0.39, 0.29) is 11.5 Å². The van der Waals surface area contributed by atoms with Crippen molar-refractivity contribution in [3.63, 3.8) is 0 Å². The van der Waals surface area contributed by atoms with Crippen LogP contribution in [0.2, 0.25) is 0 Å². The summed E-state index contributed by atoms with van der Waals surface area (Å²) in [6.45, 7) is 7.79. The van der Waals surface area contributed by atoms with Crippen molar-refractivity contribution in [3.05, 3.63) is 75.6 Å². The van der Waals surface area contributed by atoms with E-state index < -0.39 is 6.04 Å². The standard InChI is InChI=1S/C22H24N2O2/c1-5-18(22(26)23-21-14(2)9-8-10-15(21)3)24-19-12-7-6-11-17(19)16(4)13-20(24)25/h6-13,18H,5H2,1-4H3,(H,23,26). The molecule has 0 aliphatic heterocycles. The largest absolute Gasteiger partial charge is 0.324 e. The Morgan fingerprint density at radius 2 is 1.65 bits per heavy atom. The van der Waals surface area contributed by atoms with Crippen molar-refractivity contribution in [2.24, 2.45) is 0 Å². The van der Waals surface area contributed by atoms with Gasteiger partial charge in [-0.2, -0.15) is 0 Å². The van der Waals surface area contributed by atoms with Crippen LogP contribution >= 0.6 is 0 Å². The molecule has 0 aliphatic carbocycles. The van der Waals surface area contributed by atoms with E-state index in [1.165, 1.54) is 0 Å². The van der Waals surface area contributed by atoms with Crippen molar-refractivity contribution in [3.8, 4) is 0 Å². The number of benzene rings is 2. The first-order valence-corrected chi connectivity index (χ1v) is 8.92. The van der Waals surface area contributed by atoms with E-state index >= 15 is 0 Å². The number of aryl methyl sites for hydroxylation is 3. The molecule has 4 nitrogen and oxygen atoms in total. The molecule has 1 N–H and O–H groups in total. The zero-order chi connectivity index (χ0) is 18.8. The van der Waals surface area contributed by atoms with Gasteiger partial charge in [0, 0.05) is 17.1 Å². The monoisotopic (exact) mass is 348 g/mol. The van der Waals surface area contributed by atoms with Gasteiger partial charge >= 0.3 is 0 Å². The van der Waals surface area contributed by atoms with Gasteiger partial charge in [-0.25, -0.2) is 0 Å². The van der Waals surface area contributed by atoms with Crippen molar-refractivity contribution >= 4 is 22.5 Å². The first kappa shape index (κ1) is 17.9. The smallest absolute Gasteiger partial charge is 0.252 e. The molecule has 3 aromatic rings. The maximum atomic E-state index is 13.1. The fraction of sp³-hybridized carbons (Fsp3) is 0.273. The van der Waals surface area contributed by atoms with Gasteiger partial charge in [-0.05, 0) is 49.9 Å². The molecule has 0 saturated carbocycles. The topological polar surface area (TPSA) is 51.1 Å². The van der Waals surface area contributed by atoms with Crippen molar-refractivity contribution in [2.45, 2.75) is 40.2 Å². The minimum absolute atomic E-state index is 0.148. The molecule has 0 bridgehead atoms. The molecule has 26 heavy (non-hydrogen) atoms. The number of anilines is 1. The second-order valence-corrected chi connectivity index (χ2v) is 6.73. The van der Waals surface area contributed by atoms with Crippen LogP contribution in [0.1, 0.15) is 36.1 Å². The Kier molecular flexibility index (Phi) is 4.94. The molecule has 1 atom stereocenters. The van der Waals surface area contributed by atoms with Gasteiger partial charge in [-0.15, -0.1) is 0 Å². The summed E-state index contributed by atoms with van der Waals surface area (Å²) in [7, 11) is 0. The maximum absolute atomic E-state index is 13.1. The third-order valence-corrected chi connectivity index (χ3v) is 4.90. The number of carbonyl (C=O) groups excluding carboxylic acids is 1. The Bertz CT molecular complexity index is 1010. The van der Waals surface area contributed by atoms with Gasteiger partial charge in [0.05, 0.1) is 5.52 Å². The summed E-state index contributed by atoms with van der Waals surface area (Å²) in [5.74, 6) is -0.166. The highest BCUT2D eigenvalue weighted by Gasteiger charge is 2.23. The molecule has 2 aromatic carbocycles. The molecule has 1 amide bonds. The van der Waals surface area contributed by atoms with Crippen LogP contribution in [-0.4, -0.2) is 10.5 Å². The summed E-state index contributed by atoms with van der Waals surface area (Å²) in [4.78, 5) is 25.8. The number of hydrogen-bond acceptors (Lipinski definition) is 2. The molecule has 4 heteroatoms. The van der Waals surface area contributed by atoms with E-state index in [0.29, 0.717) is 6.42 Å². The molecule has 1 aromatic heterocycles. The summed E-state index contributed by atoms with van der Waals surface area (Å²) >= 11 is 0. The van der Waals surface area contributed by atoms with Gasteiger partial charge in [0.25, 0.3) is 5.56 Å². The zero-order valence-electron chi connectivity index (χ0n) is 15.7. The summed E-state index contributed by atoms with van der Waals surface area (Å²) in [6, 6.07) is 14.7. The molecule has 0 saturated heterocycles. The van der Waals surface area contributed by atoms with Gasteiger partial charge in [-0.1, -0.05) is 43.3 Å². The first-order chi connectivity index (χ1) is 12.4. The van der Waals surface area contributed by atoms with Crippen molar-refractivity contribution < 1.29 is 4.79 Å². The average molecular weight is 348 g/mol. The Balaban J connectivity index is 2.09. The summed E-state index contributed by atoms with van der Waals surface area (Å²) in [5, 5.41) is 4.03. The lowest BCUT2D eigenvalue weighted by Gasteiger charge is -2.22. The van der Waals surface area contributed by atoms with Gasteiger partial charge in [-0.3, -0.25) is 14.2 Å². The Hall–Kier alpha value is -2.88. The van der Waals surface area contributed by atoms with Gasteiger partial charge in [0.15, 0.2) is 0 Å². The fourth-order valence-electron chi connectivity index (χ4n) is 3.49. The lowest BCUT2D eigenvalue weighted by Crippen LogP contribution is -2.33. The zero-order valence-corrected chi connectivity index (χ0v) is 15.7. The van der Waals surface area contributed by atoms with E-state index in [1.54, 1.807) is 10.6 Å². The predicted molar refractivity (Wildman–Crippen MR) is 107 cm³/mol. The highest BCUT2D eigenvalue weighted by molar-refractivity contribution is 5.96. The van der Waals surface area contributed by atoms with Crippen LogP contribution in [0.25, 0.3) is 10.9 Å². The molecule has 0 radical (unpaired) electrons. The number of nitrogens with zero attached hydrogens (tertiary/aromatic N) is 1. The third kappa shape index (κ3) is 3.15. The number of rotatable bonds is 4. The van der Waals surface area contributed by atoms with Crippen LogP contribution in [-0.2, 0) is 4.79 Å². The van der Waals surface area contributed by atoms with Gasteiger partial charge < -0.3 is 5.32 Å². The number of nitrogens with one attached hydrogen (secondary N) is 1. The predicted octanol–water partition coefficient (Wildman–Crippen LogP) is 4.52. The normalized spacial score (nSPS) is 12.2. The SMILES string of the molecule is CCC(C(=O)Nc1c(C)cccc1C)n1c(=O)cc(C)c2ccccc21. The fourth-order valence-corrected chi connectivity index (χ4v) is 3.49. The molecular weight excluding hydrogens is 324 g/mol.